The summed E-state index contributed by atoms with van der Waals surface area (Å²) in [6.45, 7) is 3.76. The Hall–Kier alpha value is -3.61. The third-order valence-corrected chi connectivity index (χ3v) is 3.94. The lowest BCUT2D eigenvalue weighted by Gasteiger charge is -2.13. The maximum absolute atomic E-state index is 12.7. The van der Waals surface area contributed by atoms with Gasteiger partial charge in [0.25, 0.3) is 5.91 Å². The molecule has 0 radical (unpaired) electrons. The largest absolute Gasteiger partial charge is 0.496 e. The summed E-state index contributed by atoms with van der Waals surface area (Å²) in [5.74, 6) is 1.10. The summed E-state index contributed by atoms with van der Waals surface area (Å²) in [5.41, 5.74) is 2.59. The molecule has 3 aromatic rings. The lowest BCUT2D eigenvalue weighted by molar-refractivity contribution is 0.102. The molecule has 28 heavy (non-hydrogen) atoms. The summed E-state index contributed by atoms with van der Waals surface area (Å²) in [6, 6.07) is 14.3. The molecule has 0 aliphatic rings. The Morgan fingerprint density at radius 3 is 2.00 bits per heavy atom. The minimum Gasteiger partial charge on any atom is -0.496 e. The lowest BCUT2D eigenvalue weighted by atomic mass is 10.1. The van der Waals surface area contributed by atoms with Crippen molar-refractivity contribution >= 4 is 11.6 Å². The molecule has 3 rings (SSSR count). The third kappa shape index (κ3) is 4.37. The van der Waals surface area contributed by atoms with Gasteiger partial charge < -0.3 is 19.5 Å². The molecule has 0 spiro atoms. The number of nitrogens with zero attached hydrogens (tertiary/aromatic N) is 2. The van der Waals surface area contributed by atoms with Crippen LogP contribution in [0.15, 0.2) is 48.5 Å². The number of benzene rings is 2. The van der Waals surface area contributed by atoms with Crippen molar-refractivity contribution in [1.82, 2.24) is 9.97 Å². The predicted molar refractivity (Wildman–Crippen MR) is 106 cm³/mol. The van der Waals surface area contributed by atoms with E-state index >= 15 is 0 Å². The van der Waals surface area contributed by atoms with Gasteiger partial charge >= 0.3 is 6.01 Å². The van der Waals surface area contributed by atoms with Gasteiger partial charge in [-0.15, -0.1) is 0 Å². The van der Waals surface area contributed by atoms with Crippen molar-refractivity contribution in [2.45, 2.75) is 13.8 Å². The average Bonchev–Trinajstić information content (AvgIpc) is 2.68. The van der Waals surface area contributed by atoms with E-state index in [-0.39, 0.29) is 11.9 Å². The van der Waals surface area contributed by atoms with Crippen LogP contribution in [0.3, 0.4) is 0 Å². The van der Waals surface area contributed by atoms with E-state index in [1.807, 2.05) is 19.9 Å². The van der Waals surface area contributed by atoms with Gasteiger partial charge in [-0.3, -0.25) is 4.79 Å². The molecule has 7 nitrogen and oxygen atoms in total. The fraction of sp³-hybridized carbons (Fsp3) is 0.190. The molecule has 1 heterocycles. The van der Waals surface area contributed by atoms with Gasteiger partial charge in [0, 0.05) is 17.1 Å². The number of carbonyl (C=O) groups is 1. The van der Waals surface area contributed by atoms with Crippen LogP contribution in [0.4, 0.5) is 5.69 Å². The smallest absolute Gasteiger partial charge is 0.322 e. The highest BCUT2D eigenvalue weighted by atomic mass is 16.5. The van der Waals surface area contributed by atoms with Crippen LogP contribution in [-0.4, -0.2) is 30.1 Å². The zero-order valence-electron chi connectivity index (χ0n) is 16.1. The van der Waals surface area contributed by atoms with Gasteiger partial charge in [0.1, 0.15) is 22.8 Å². The van der Waals surface area contributed by atoms with Gasteiger partial charge in [0.2, 0.25) is 0 Å². The molecule has 144 valence electrons. The molecule has 1 amide bonds. The maximum Gasteiger partial charge on any atom is 0.322 e. The molecule has 0 saturated carbocycles. The first-order chi connectivity index (χ1) is 13.5. The van der Waals surface area contributed by atoms with E-state index in [2.05, 4.69) is 15.3 Å². The Morgan fingerprint density at radius 2 is 1.46 bits per heavy atom. The second-order valence-corrected chi connectivity index (χ2v) is 6.05. The van der Waals surface area contributed by atoms with Crippen molar-refractivity contribution < 1.29 is 19.0 Å². The SMILES string of the molecule is COc1cccc(OC)c1C(=O)Nc1ccc(Oc2nc(C)cc(C)n2)cc1. The van der Waals surface area contributed by atoms with Crippen LogP contribution in [0.5, 0.6) is 23.3 Å². The second-order valence-electron chi connectivity index (χ2n) is 6.05. The Kier molecular flexibility index (Phi) is 5.74. The molecule has 0 bridgehead atoms. The Bertz CT molecular complexity index is 945. The number of amides is 1. The number of aryl methyl sites for hydroxylation is 2. The average molecular weight is 379 g/mol. The Labute approximate surface area is 163 Å². The first-order valence-corrected chi connectivity index (χ1v) is 8.62. The van der Waals surface area contributed by atoms with Crippen molar-refractivity contribution in [3.8, 4) is 23.3 Å². The number of hydrogen-bond acceptors (Lipinski definition) is 6. The third-order valence-electron chi connectivity index (χ3n) is 3.94. The van der Waals surface area contributed by atoms with Gasteiger partial charge in [0.05, 0.1) is 14.2 Å². The number of anilines is 1. The Morgan fingerprint density at radius 1 is 0.893 bits per heavy atom. The van der Waals surface area contributed by atoms with Gasteiger partial charge in [-0.1, -0.05) is 6.07 Å². The predicted octanol–water partition coefficient (Wildman–Crippen LogP) is 4.16. The summed E-state index contributed by atoms with van der Waals surface area (Å²) in [4.78, 5) is 21.2. The highest BCUT2D eigenvalue weighted by molar-refractivity contribution is 6.08. The minimum atomic E-state index is -0.333. The van der Waals surface area contributed by atoms with Crippen molar-refractivity contribution in [3.63, 3.8) is 0 Å². The number of carbonyl (C=O) groups excluding carboxylic acids is 1. The molecule has 0 aliphatic carbocycles. The monoisotopic (exact) mass is 379 g/mol. The molecular formula is C21H21N3O4. The quantitative estimate of drug-likeness (QED) is 0.693. The Balaban J connectivity index is 1.75. The standard InChI is InChI=1S/C21H21N3O4/c1-13-12-14(2)23-21(22-13)28-16-10-8-15(9-11-16)24-20(25)19-17(26-3)6-5-7-18(19)27-4/h5-12H,1-4H3,(H,24,25). The molecule has 0 fully saturated rings. The molecule has 2 aromatic carbocycles. The second kappa shape index (κ2) is 8.39. The fourth-order valence-electron chi connectivity index (χ4n) is 2.72. The molecule has 0 unspecified atom stereocenters. The van der Waals surface area contributed by atoms with E-state index in [1.165, 1.54) is 14.2 Å². The summed E-state index contributed by atoms with van der Waals surface area (Å²) < 4.78 is 16.2. The van der Waals surface area contributed by atoms with Crippen molar-refractivity contribution in [3.05, 3.63) is 65.5 Å². The first-order valence-electron chi connectivity index (χ1n) is 8.62. The van der Waals surface area contributed by atoms with Crippen molar-refractivity contribution in [1.29, 1.82) is 0 Å². The van der Waals surface area contributed by atoms with Crippen LogP contribution in [0.25, 0.3) is 0 Å². The number of aromatic nitrogens is 2. The van der Waals surface area contributed by atoms with E-state index in [1.54, 1.807) is 42.5 Å². The van der Waals surface area contributed by atoms with Crippen LogP contribution in [0.1, 0.15) is 21.7 Å². The van der Waals surface area contributed by atoms with E-state index in [0.29, 0.717) is 28.5 Å². The van der Waals surface area contributed by atoms with Gasteiger partial charge in [-0.05, 0) is 56.3 Å². The molecule has 0 atom stereocenters. The molecule has 0 saturated heterocycles. The van der Waals surface area contributed by atoms with Crippen molar-refractivity contribution in [2.75, 3.05) is 19.5 Å². The fourth-order valence-corrected chi connectivity index (χ4v) is 2.72. The number of ether oxygens (including phenoxy) is 3. The number of methoxy groups -OCH3 is 2. The molecule has 7 heteroatoms. The van der Waals surface area contributed by atoms with Crippen LogP contribution in [-0.2, 0) is 0 Å². The number of rotatable bonds is 6. The van der Waals surface area contributed by atoms with Crippen LogP contribution in [0.2, 0.25) is 0 Å². The van der Waals surface area contributed by atoms with E-state index in [4.69, 9.17) is 14.2 Å². The zero-order valence-corrected chi connectivity index (χ0v) is 16.1. The summed E-state index contributed by atoms with van der Waals surface area (Å²) in [7, 11) is 3.01. The van der Waals surface area contributed by atoms with E-state index < -0.39 is 0 Å². The molecule has 1 aromatic heterocycles. The first kappa shape index (κ1) is 19.2. The number of nitrogens with one attached hydrogen (secondary N) is 1. The highest BCUT2D eigenvalue weighted by Crippen LogP contribution is 2.29. The molecule has 0 aliphatic heterocycles. The summed E-state index contributed by atoms with van der Waals surface area (Å²) in [5, 5.41) is 2.83. The molecule has 1 N–H and O–H groups in total. The normalized spacial score (nSPS) is 10.3. The van der Waals surface area contributed by atoms with E-state index in [9.17, 15) is 4.79 Å². The lowest BCUT2D eigenvalue weighted by Crippen LogP contribution is -2.14. The van der Waals surface area contributed by atoms with Crippen LogP contribution >= 0.6 is 0 Å². The van der Waals surface area contributed by atoms with Crippen molar-refractivity contribution in [2.24, 2.45) is 0 Å². The number of hydrogen-bond donors (Lipinski definition) is 1. The highest BCUT2D eigenvalue weighted by Gasteiger charge is 2.18. The minimum absolute atomic E-state index is 0.285. The van der Waals surface area contributed by atoms with Crippen LogP contribution < -0.4 is 19.5 Å². The summed E-state index contributed by atoms with van der Waals surface area (Å²) >= 11 is 0. The maximum atomic E-state index is 12.7. The zero-order chi connectivity index (χ0) is 20.1. The van der Waals surface area contributed by atoms with E-state index in [0.717, 1.165) is 11.4 Å². The molecular weight excluding hydrogens is 358 g/mol. The van der Waals surface area contributed by atoms with Gasteiger partial charge in [-0.2, -0.15) is 0 Å². The van der Waals surface area contributed by atoms with Crippen LogP contribution in [0, 0.1) is 13.8 Å². The topological polar surface area (TPSA) is 82.6 Å². The van der Waals surface area contributed by atoms with Gasteiger partial charge in [0.15, 0.2) is 0 Å². The van der Waals surface area contributed by atoms with Gasteiger partial charge in [-0.25, -0.2) is 9.97 Å². The summed E-state index contributed by atoms with van der Waals surface area (Å²) in [6.07, 6.45) is 0.